The molecule has 0 saturated heterocycles. The van der Waals surface area contributed by atoms with E-state index in [2.05, 4.69) is 4.74 Å². The number of fused-ring (bicyclic) bond motifs is 1. The molecule has 1 aliphatic heterocycles. The van der Waals surface area contributed by atoms with Crippen molar-refractivity contribution in [3.8, 4) is 11.5 Å². The van der Waals surface area contributed by atoms with E-state index in [4.69, 9.17) is 16.3 Å². The predicted molar refractivity (Wildman–Crippen MR) is 56.4 cm³/mol. The van der Waals surface area contributed by atoms with Crippen molar-refractivity contribution in [3.63, 3.8) is 0 Å². The Morgan fingerprint density at radius 3 is 2.76 bits per heavy atom. The minimum atomic E-state index is -3.04. The van der Waals surface area contributed by atoms with Gasteiger partial charge in [-0.25, -0.2) is 4.39 Å². The Balaban J connectivity index is 2.51. The third kappa shape index (κ3) is 2.29. The van der Waals surface area contributed by atoms with E-state index in [1.54, 1.807) is 13.8 Å². The van der Waals surface area contributed by atoms with Gasteiger partial charge in [0.25, 0.3) is 0 Å². The van der Waals surface area contributed by atoms with Crippen molar-refractivity contribution in [2.45, 2.75) is 31.9 Å². The SMILES string of the molecule is Cc1c(F)cc(OC(F)F)c2c1CC(C)(Cl)O2. The predicted octanol–water partition coefficient (Wildman–Crippen LogP) is 3.63. The van der Waals surface area contributed by atoms with Crippen molar-refractivity contribution in [2.75, 3.05) is 0 Å². The highest BCUT2D eigenvalue weighted by Crippen LogP contribution is 2.46. The van der Waals surface area contributed by atoms with Crippen LogP contribution < -0.4 is 9.47 Å². The van der Waals surface area contributed by atoms with Gasteiger partial charge in [-0.2, -0.15) is 8.78 Å². The summed E-state index contributed by atoms with van der Waals surface area (Å²) in [4.78, 5) is 0. The Morgan fingerprint density at radius 2 is 2.18 bits per heavy atom. The second kappa shape index (κ2) is 3.98. The van der Waals surface area contributed by atoms with Gasteiger partial charge in [0.1, 0.15) is 5.82 Å². The minimum absolute atomic E-state index is 0.0988. The lowest BCUT2D eigenvalue weighted by Gasteiger charge is -2.15. The van der Waals surface area contributed by atoms with Crippen LogP contribution in [0.25, 0.3) is 0 Å². The van der Waals surface area contributed by atoms with Crippen LogP contribution in [-0.4, -0.2) is 11.7 Å². The molecule has 0 saturated carbocycles. The second-order valence-corrected chi connectivity index (χ2v) is 4.85. The van der Waals surface area contributed by atoms with Gasteiger partial charge in [-0.05, 0) is 19.4 Å². The summed E-state index contributed by atoms with van der Waals surface area (Å²) in [5, 5.41) is -1.05. The molecule has 0 N–H and O–H groups in total. The normalized spacial score (nSPS) is 22.5. The van der Waals surface area contributed by atoms with Crippen LogP contribution in [0.3, 0.4) is 0 Å². The smallest absolute Gasteiger partial charge is 0.387 e. The third-order valence-electron chi connectivity index (χ3n) is 2.59. The molecule has 1 heterocycles. The number of ether oxygens (including phenoxy) is 2. The average Bonchev–Trinajstić information content (AvgIpc) is 2.50. The van der Waals surface area contributed by atoms with Crippen molar-refractivity contribution in [3.05, 3.63) is 23.0 Å². The minimum Gasteiger partial charge on any atom is -0.468 e. The molecular formula is C11H10ClF3O2. The molecule has 6 heteroatoms. The molecule has 2 nitrogen and oxygen atoms in total. The van der Waals surface area contributed by atoms with Crippen LogP contribution in [0.15, 0.2) is 6.07 Å². The van der Waals surface area contributed by atoms with E-state index in [9.17, 15) is 13.2 Å². The van der Waals surface area contributed by atoms with Gasteiger partial charge < -0.3 is 9.47 Å². The van der Waals surface area contributed by atoms with Gasteiger partial charge in [-0.15, -0.1) is 0 Å². The highest BCUT2D eigenvalue weighted by Gasteiger charge is 2.37. The molecule has 0 bridgehead atoms. The number of hydrogen-bond acceptors (Lipinski definition) is 2. The maximum absolute atomic E-state index is 13.5. The Labute approximate surface area is 101 Å². The van der Waals surface area contributed by atoms with Gasteiger partial charge in [0.05, 0.1) is 0 Å². The van der Waals surface area contributed by atoms with Crippen LogP contribution in [0, 0.1) is 12.7 Å². The number of halogens is 4. The maximum atomic E-state index is 13.5. The lowest BCUT2D eigenvalue weighted by Crippen LogP contribution is -2.21. The molecule has 1 aromatic carbocycles. The molecule has 0 spiro atoms. The first kappa shape index (κ1) is 12.4. The van der Waals surface area contributed by atoms with Gasteiger partial charge >= 0.3 is 6.61 Å². The van der Waals surface area contributed by atoms with E-state index in [1.807, 2.05) is 0 Å². The van der Waals surface area contributed by atoms with Crippen LogP contribution in [0.1, 0.15) is 18.1 Å². The highest BCUT2D eigenvalue weighted by molar-refractivity contribution is 6.23. The average molecular weight is 267 g/mol. The summed E-state index contributed by atoms with van der Waals surface area (Å²) < 4.78 is 47.4. The Bertz CT molecular complexity index is 461. The Morgan fingerprint density at radius 1 is 1.53 bits per heavy atom. The van der Waals surface area contributed by atoms with Gasteiger partial charge in [0, 0.05) is 18.1 Å². The zero-order chi connectivity index (χ0) is 12.8. The first-order chi connectivity index (χ1) is 7.80. The van der Waals surface area contributed by atoms with E-state index in [1.165, 1.54) is 0 Å². The number of rotatable bonds is 2. The van der Waals surface area contributed by atoms with Crippen molar-refractivity contribution in [1.82, 2.24) is 0 Å². The van der Waals surface area contributed by atoms with E-state index < -0.39 is 17.5 Å². The molecule has 0 fully saturated rings. The van der Waals surface area contributed by atoms with Crippen LogP contribution in [0.5, 0.6) is 11.5 Å². The molecule has 17 heavy (non-hydrogen) atoms. The molecule has 1 unspecified atom stereocenters. The van der Waals surface area contributed by atoms with Crippen molar-refractivity contribution in [2.24, 2.45) is 0 Å². The van der Waals surface area contributed by atoms with Gasteiger partial charge in [-0.1, -0.05) is 11.6 Å². The van der Waals surface area contributed by atoms with E-state index in [0.29, 0.717) is 11.1 Å². The third-order valence-corrected chi connectivity index (χ3v) is 2.80. The molecule has 1 aromatic rings. The summed E-state index contributed by atoms with van der Waals surface area (Å²) in [6, 6.07) is 0.888. The molecule has 0 amide bonds. The van der Waals surface area contributed by atoms with Gasteiger partial charge in [-0.3, -0.25) is 0 Å². The van der Waals surface area contributed by atoms with E-state index >= 15 is 0 Å². The summed E-state index contributed by atoms with van der Waals surface area (Å²) in [7, 11) is 0. The van der Waals surface area contributed by atoms with Gasteiger partial charge in [0.15, 0.2) is 16.6 Å². The molecule has 1 atom stereocenters. The van der Waals surface area contributed by atoms with Crippen LogP contribution in [0.2, 0.25) is 0 Å². The van der Waals surface area contributed by atoms with E-state index in [-0.39, 0.29) is 17.9 Å². The highest BCUT2D eigenvalue weighted by atomic mass is 35.5. The van der Waals surface area contributed by atoms with E-state index in [0.717, 1.165) is 6.07 Å². The number of hydrogen-bond donors (Lipinski definition) is 0. The number of benzene rings is 1. The first-order valence-electron chi connectivity index (χ1n) is 4.95. The zero-order valence-electron chi connectivity index (χ0n) is 9.19. The Hall–Kier alpha value is -1.10. The monoisotopic (exact) mass is 266 g/mol. The van der Waals surface area contributed by atoms with Gasteiger partial charge in [0.2, 0.25) is 0 Å². The number of alkyl halides is 3. The summed E-state index contributed by atoms with van der Waals surface area (Å²) in [6.07, 6.45) is 0.243. The fraction of sp³-hybridized carbons (Fsp3) is 0.455. The summed E-state index contributed by atoms with van der Waals surface area (Å²) in [5.74, 6) is -0.832. The van der Waals surface area contributed by atoms with Crippen molar-refractivity contribution >= 4 is 11.6 Å². The van der Waals surface area contributed by atoms with Crippen LogP contribution in [0.4, 0.5) is 13.2 Å². The molecule has 0 aliphatic carbocycles. The molecule has 2 rings (SSSR count). The lowest BCUT2D eigenvalue weighted by molar-refractivity contribution is -0.0519. The maximum Gasteiger partial charge on any atom is 0.387 e. The largest absolute Gasteiger partial charge is 0.468 e. The second-order valence-electron chi connectivity index (χ2n) is 4.05. The quantitative estimate of drug-likeness (QED) is 0.761. The summed E-state index contributed by atoms with van der Waals surface area (Å²) in [5.41, 5.74) is 0.809. The first-order valence-corrected chi connectivity index (χ1v) is 5.32. The Kier molecular flexibility index (Phi) is 2.89. The van der Waals surface area contributed by atoms with Crippen molar-refractivity contribution < 1.29 is 22.6 Å². The van der Waals surface area contributed by atoms with Crippen LogP contribution >= 0.6 is 11.6 Å². The lowest BCUT2D eigenvalue weighted by atomic mass is 10.0. The standard InChI is InChI=1S/C11H10ClF3O2/c1-5-6-4-11(2,12)17-9(6)8(3-7(5)13)16-10(14)15/h3,10H,4H2,1-2H3. The van der Waals surface area contributed by atoms with Crippen molar-refractivity contribution in [1.29, 1.82) is 0 Å². The molecule has 0 aromatic heterocycles. The topological polar surface area (TPSA) is 18.5 Å². The molecule has 94 valence electrons. The molecule has 1 aliphatic rings. The molecular weight excluding hydrogens is 257 g/mol. The molecule has 0 radical (unpaired) electrons. The zero-order valence-corrected chi connectivity index (χ0v) is 9.95. The fourth-order valence-corrected chi connectivity index (χ4v) is 2.04. The fourth-order valence-electron chi connectivity index (χ4n) is 1.82. The summed E-state index contributed by atoms with van der Waals surface area (Å²) in [6.45, 7) is 0.0898. The summed E-state index contributed by atoms with van der Waals surface area (Å²) >= 11 is 5.98. The van der Waals surface area contributed by atoms with Crippen LogP contribution in [-0.2, 0) is 6.42 Å².